The number of rotatable bonds is 7. The number of piperazine rings is 1. The summed E-state index contributed by atoms with van der Waals surface area (Å²) >= 11 is 0. The largest absolute Gasteiger partial charge is 0.380 e. The molecule has 7 rings (SSSR count). The molecule has 4 N–H and O–H groups in total. The number of nitrogens with zero attached hydrogens (tertiary/aromatic N) is 4. The molecule has 1 fully saturated rings. The van der Waals surface area contributed by atoms with E-state index < -0.39 is 0 Å². The smallest absolute Gasteiger partial charge is 0.226 e. The van der Waals surface area contributed by atoms with Crippen molar-refractivity contribution in [3.05, 3.63) is 90.4 Å². The lowest BCUT2D eigenvalue weighted by atomic mass is 9.99. The van der Waals surface area contributed by atoms with E-state index in [0.717, 1.165) is 77.0 Å². The van der Waals surface area contributed by atoms with Crippen molar-refractivity contribution in [2.75, 3.05) is 59.4 Å². The molecule has 2 aromatic heterocycles. The highest BCUT2D eigenvalue weighted by Crippen LogP contribution is 2.38. The number of pyridine rings is 2. The van der Waals surface area contributed by atoms with Crippen molar-refractivity contribution in [3.63, 3.8) is 0 Å². The van der Waals surface area contributed by atoms with Crippen LogP contribution in [0.15, 0.2) is 79.3 Å². The quantitative estimate of drug-likeness (QED) is 0.203. The highest BCUT2D eigenvalue weighted by molar-refractivity contribution is 6.00. The Morgan fingerprint density at radius 3 is 2.11 bits per heavy atom. The van der Waals surface area contributed by atoms with Gasteiger partial charge in [-0.3, -0.25) is 14.6 Å². The monoisotopic (exact) mass is 628 g/mol. The van der Waals surface area contributed by atoms with E-state index in [1.807, 2.05) is 54.7 Å². The summed E-state index contributed by atoms with van der Waals surface area (Å²) in [5.74, 6) is 0.936. The van der Waals surface area contributed by atoms with Gasteiger partial charge in [0, 0.05) is 80.8 Å². The van der Waals surface area contributed by atoms with Crippen LogP contribution in [0, 0.1) is 0 Å². The first-order valence-electron chi connectivity index (χ1n) is 16.4. The van der Waals surface area contributed by atoms with Gasteiger partial charge in [-0.25, -0.2) is 4.98 Å². The van der Waals surface area contributed by atoms with Gasteiger partial charge in [0.25, 0.3) is 0 Å². The molecule has 0 unspecified atom stereocenters. The van der Waals surface area contributed by atoms with Gasteiger partial charge in [0.15, 0.2) is 0 Å². The summed E-state index contributed by atoms with van der Waals surface area (Å²) in [6.45, 7) is 3.98. The van der Waals surface area contributed by atoms with Gasteiger partial charge < -0.3 is 31.1 Å². The lowest BCUT2D eigenvalue weighted by Gasteiger charge is -2.33. The normalized spacial score (nSPS) is 19.8. The second-order valence-electron chi connectivity index (χ2n) is 12.6. The maximum absolute atomic E-state index is 13.0. The number of likely N-dealkylation sites (N-methyl/N-ethyl adjacent to an activating group) is 1. The highest BCUT2D eigenvalue weighted by Gasteiger charge is 2.27. The second kappa shape index (κ2) is 13.6. The number of carbonyl (C=O) groups is 2. The van der Waals surface area contributed by atoms with Gasteiger partial charge >= 0.3 is 0 Å². The van der Waals surface area contributed by atoms with E-state index in [1.54, 1.807) is 12.4 Å². The van der Waals surface area contributed by atoms with Crippen LogP contribution in [-0.2, 0) is 9.59 Å². The molecule has 1 saturated heterocycles. The zero-order chi connectivity index (χ0) is 32.2. The van der Waals surface area contributed by atoms with Crippen molar-refractivity contribution in [3.8, 4) is 11.1 Å². The number of nitrogens with one attached hydrogen (secondary N) is 4. The van der Waals surface area contributed by atoms with E-state index in [1.165, 1.54) is 0 Å². The van der Waals surface area contributed by atoms with Crippen LogP contribution in [-0.4, -0.2) is 72.0 Å². The second-order valence-corrected chi connectivity index (χ2v) is 12.6. The van der Waals surface area contributed by atoms with Gasteiger partial charge in [-0.05, 0) is 67.4 Å². The molecule has 2 aromatic carbocycles. The van der Waals surface area contributed by atoms with Gasteiger partial charge in [-0.1, -0.05) is 36.4 Å². The van der Waals surface area contributed by atoms with Crippen LogP contribution in [0.3, 0.4) is 0 Å². The summed E-state index contributed by atoms with van der Waals surface area (Å²) in [5.41, 5.74) is 7.37. The molecule has 0 bridgehead atoms. The fourth-order valence-corrected chi connectivity index (χ4v) is 6.57. The van der Waals surface area contributed by atoms with E-state index in [0.29, 0.717) is 25.7 Å². The minimum atomic E-state index is -0.107. The molecular formula is C37H40N8O2. The predicted octanol–water partition coefficient (Wildman–Crippen LogP) is 5.79. The fourth-order valence-electron chi connectivity index (χ4n) is 6.57. The van der Waals surface area contributed by atoms with E-state index in [4.69, 9.17) is 4.98 Å². The van der Waals surface area contributed by atoms with Gasteiger partial charge in [-0.15, -0.1) is 0 Å². The Labute approximate surface area is 275 Å². The number of hydrogen-bond donors (Lipinski definition) is 4. The van der Waals surface area contributed by atoms with Crippen LogP contribution < -0.4 is 26.2 Å². The first kappa shape index (κ1) is 30.4. The van der Waals surface area contributed by atoms with Crippen LogP contribution >= 0.6 is 0 Å². The fraction of sp³-hybridized carbons (Fsp3) is 0.297. The maximum Gasteiger partial charge on any atom is 0.226 e. The lowest BCUT2D eigenvalue weighted by molar-refractivity contribution is -0.117. The number of aromatic nitrogens is 2. The van der Waals surface area contributed by atoms with Crippen LogP contribution in [0.1, 0.15) is 36.8 Å². The summed E-state index contributed by atoms with van der Waals surface area (Å²) in [7, 11) is 2.15. The van der Waals surface area contributed by atoms with Crippen LogP contribution in [0.4, 0.5) is 28.6 Å². The molecule has 0 aliphatic carbocycles. The van der Waals surface area contributed by atoms with E-state index in [-0.39, 0.29) is 23.9 Å². The SMILES string of the molecule is CN1CCN(c2ccc(-c3cccc4c3N[C@H](CC[C@@H]3CC(=O)Nc5cccc(/C=C/c6ccncc6)c5N3)CC(=O)N4)cn2)CC1. The number of hydrogen-bond acceptors (Lipinski definition) is 8. The van der Waals surface area contributed by atoms with Crippen molar-refractivity contribution in [2.24, 2.45) is 0 Å². The van der Waals surface area contributed by atoms with Gasteiger partial charge in [0.1, 0.15) is 5.82 Å². The van der Waals surface area contributed by atoms with Gasteiger partial charge in [0.05, 0.1) is 22.7 Å². The number of carbonyl (C=O) groups excluding carboxylic acids is 2. The molecule has 47 heavy (non-hydrogen) atoms. The average Bonchev–Trinajstić information content (AvgIpc) is 3.36. The molecule has 2 amide bonds. The number of anilines is 5. The van der Waals surface area contributed by atoms with Crippen LogP contribution in [0.25, 0.3) is 23.3 Å². The third-order valence-electron chi connectivity index (χ3n) is 9.18. The van der Waals surface area contributed by atoms with Crippen molar-refractivity contribution < 1.29 is 9.59 Å². The zero-order valence-electron chi connectivity index (χ0n) is 26.6. The molecule has 0 spiro atoms. The maximum atomic E-state index is 13.0. The molecule has 10 heteroatoms. The third kappa shape index (κ3) is 7.12. The number of amides is 2. The lowest BCUT2D eigenvalue weighted by Crippen LogP contribution is -2.44. The van der Waals surface area contributed by atoms with Crippen LogP contribution in [0.2, 0.25) is 0 Å². The van der Waals surface area contributed by atoms with Crippen molar-refractivity contribution >= 4 is 52.5 Å². The molecule has 10 nitrogen and oxygen atoms in total. The first-order valence-corrected chi connectivity index (χ1v) is 16.4. The third-order valence-corrected chi connectivity index (χ3v) is 9.18. The van der Waals surface area contributed by atoms with Crippen molar-refractivity contribution in [1.29, 1.82) is 0 Å². The Morgan fingerprint density at radius 2 is 1.43 bits per heavy atom. The molecule has 5 heterocycles. The molecule has 3 aliphatic rings. The van der Waals surface area contributed by atoms with E-state index >= 15 is 0 Å². The first-order chi connectivity index (χ1) is 23.0. The topological polar surface area (TPSA) is 115 Å². The molecule has 2 atom stereocenters. The minimum absolute atomic E-state index is 0.0248. The Balaban J connectivity index is 1.07. The van der Waals surface area contributed by atoms with E-state index in [2.05, 4.69) is 67.4 Å². The van der Waals surface area contributed by atoms with Crippen molar-refractivity contribution in [2.45, 2.75) is 37.8 Å². The molecular weight excluding hydrogens is 588 g/mol. The molecule has 0 saturated carbocycles. The van der Waals surface area contributed by atoms with Gasteiger partial charge in [0.2, 0.25) is 11.8 Å². The molecule has 0 radical (unpaired) electrons. The average molecular weight is 629 g/mol. The zero-order valence-corrected chi connectivity index (χ0v) is 26.6. The Kier molecular flexibility index (Phi) is 8.83. The van der Waals surface area contributed by atoms with Gasteiger partial charge in [-0.2, -0.15) is 0 Å². The summed E-state index contributed by atoms with van der Waals surface area (Å²) in [4.78, 5) is 39.6. The standard InChI is InChI=1S/C37H40N8O2/c1-44-18-20-45(21-19-44)33-13-10-27(24-39-33)30-5-3-7-32-37(30)41-29(23-35(47)43-32)12-11-28-22-34(46)42-31-6-2-4-26(36(31)40-28)9-8-25-14-16-38-17-15-25/h2-10,13-17,24,28-29,40-41H,11-12,18-23H2,1H3,(H,42,46)(H,43,47)/b9-8+/t28-,29-/m1/s1. The highest BCUT2D eigenvalue weighted by atomic mass is 16.2. The van der Waals surface area contributed by atoms with Crippen LogP contribution in [0.5, 0.6) is 0 Å². The molecule has 3 aliphatic heterocycles. The Morgan fingerprint density at radius 1 is 0.766 bits per heavy atom. The predicted molar refractivity (Wildman–Crippen MR) is 190 cm³/mol. The summed E-state index contributed by atoms with van der Waals surface area (Å²) in [5, 5.41) is 13.5. The van der Waals surface area contributed by atoms with E-state index in [9.17, 15) is 9.59 Å². The summed E-state index contributed by atoms with van der Waals surface area (Å²) in [6.07, 6.45) is 11.7. The summed E-state index contributed by atoms with van der Waals surface area (Å²) in [6, 6.07) is 19.8. The number of fused-ring (bicyclic) bond motifs is 2. The molecule has 240 valence electrons. The summed E-state index contributed by atoms with van der Waals surface area (Å²) < 4.78 is 0. The van der Waals surface area contributed by atoms with Crippen molar-refractivity contribution in [1.82, 2.24) is 14.9 Å². The number of benzene rings is 2. The molecule has 4 aromatic rings. The Hall–Kier alpha value is -5.22. The minimum Gasteiger partial charge on any atom is -0.380 e. The number of para-hydroxylation sites is 2. The Bertz CT molecular complexity index is 1770.